The highest BCUT2D eigenvalue weighted by Gasteiger charge is 2.10. The highest BCUT2D eigenvalue weighted by Crippen LogP contribution is 2.16. The summed E-state index contributed by atoms with van der Waals surface area (Å²) in [6, 6.07) is 27.4. The summed E-state index contributed by atoms with van der Waals surface area (Å²) < 4.78 is 31.8. The van der Waals surface area contributed by atoms with Gasteiger partial charge < -0.3 is 4.90 Å². The minimum Gasteiger partial charge on any atom is -0.369 e. The largest absolute Gasteiger partial charge is 0.369 e. The van der Waals surface area contributed by atoms with Gasteiger partial charge in [0.1, 0.15) is 0 Å². The van der Waals surface area contributed by atoms with Crippen LogP contribution in [0.3, 0.4) is 0 Å². The number of pyridine rings is 1. The number of aromatic nitrogens is 1. The summed E-state index contributed by atoms with van der Waals surface area (Å²) in [6.45, 7) is 4.32. The normalized spacial score (nSPS) is 11.1. The molecule has 4 aromatic rings. The van der Waals surface area contributed by atoms with Crippen molar-refractivity contribution < 1.29 is 17.5 Å². The Morgan fingerprint density at radius 3 is 2.03 bits per heavy atom. The Bertz CT molecular complexity index is 1320. The topological polar surface area (TPSA) is 61.5 Å². The van der Waals surface area contributed by atoms with Gasteiger partial charge in [-0.15, -0.1) is 23.2 Å². The molecule has 1 aromatic heterocycles. The van der Waals surface area contributed by atoms with Gasteiger partial charge in [-0.1, -0.05) is 42.0 Å². The van der Waals surface area contributed by atoms with E-state index in [-0.39, 0.29) is 4.90 Å². The number of alkyl halides is 2. The van der Waals surface area contributed by atoms with Crippen molar-refractivity contribution in [1.29, 1.82) is 0 Å². The van der Waals surface area contributed by atoms with Gasteiger partial charge in [-0.25, -0.2) is 0 Å². The lowest BCUT2D eigenvalue weighted by Gasteiger charge is -2.22. The zero-order valence-electron chi connectivity index (χ0n) is 19.5. The third-order valence-corrected chi connectivity index (χ3v) is 6.68. The van der Waals surface area contributed by atoms with E-state index in [9.17, 15) is 8.42 Å². The maximum Gasteiger partial charge on any atom is 0.294 e. The van der Waals surface area contributed by atoms with E-state index in [1.165, 1.54) is 34.3 Å². The van der Waals surface area contributed by atoms with Crippen molar-refractivity contribution in [3.05, 3.63) is 102 Å². The lowest BCUT2D eigenvalue weighted by molar-refractivity contribution is -0.662. The van der Waals surface area contributed by atoms with Crippen LogP contribution in [0.25, 0.3) is 10.9 Å². The van der Waals surface area contributed by atoms with Crippen LogP contribution in [0.1, 0.15) is 11.1 Å². The lowest BCUT2D eigenvalue weighted by Crippen LogP contribution is -2.34. The quantitative estimate of drug-likeness (QED) is 0.180. The van der Waals surface area contributed by atoms with E-state index in [2.05, 4.69) is 76.3 Å². The molecule has 0 unspecified atom stereocenters. The predicted octanol–water partition coefficient (Wildman–Crippen LogP) is 5.70. The molecular formula is C27H29Cl2N2O3S+. The molecule has 4 rings (SSSR count). The second kappa shape index (κ2) is 12.9. The van der Waals surface area contributed by atoms with Gasteiger partial charge in [0.2, 0.25) is 5.52 Å². The Hall–Kier alpha value is -2.64. The fourth-order valence-electron chi connectivity index (χ4n) is 3.65. The number of nitrogens with zero attached hydrogens (tertiary/aromatic N) is 2. The van der Waals surface area contributed by atoms with Gasteiger partial charge in [-0.2, -0.15) is 13.0 Å². The van der Waals surface area contributed by atoms with Crippen molar-refractivity contribution >= 4 is 49.9 Å². The molecule has 0 saturated carbocycles. The number of para-hydroxylation sites is 1. The first-order valence-corrected chi connectivity index (χ1v) is 13.7. The maximum absolute atomic E-state index is 10.5. The van der Waals surface area contributed by atoms with E-state index >= 15 is 0 Å². The number of fused-ring (bicyclic) bond motifs is 1. The van der Waals surface area contributed by atoms with Crippen LogP contribution >= 0.6 is 23.2 Å². The molecule has 3 aromatic carbocycles. The highest BCUT2D eigenvalue weighted by atomic mass is 35.5. The molecule has 0 aliphatic carbocycles. The van der Waals surface area contributed by atoms with Gasteiger partial charge in [0.05, 0.1) is 4.90 Å². The third kappa shape index (κ3) is 7.94. The molecule has 0 fully saturated rings. The van der Waals surface area contributed by atoms with Gasteiger partial charge in [0.15, 0.2) is 12.7 Å². The van der Waals surface area contributed by atoms with Crippen molar-refractivity contribution in [2.45, 2.75) is 18.4 Å². The average molecular weight is 533 g/mol. The van der Waals surface area contributed by atoms with Gasteiger partial charge in [-0.05, 0) is 43.3 Å². The Balaban J connectivity index is 0.000000261. The Labute approximate surface area is 217 Å². The third-order valence-electron chi connectivity index (χ3n) is 5.47. The van der Waals surface area contributed by atoms with Gasteiger partial charge in [0.25, 0.3) is 10.1 Å². The molecule has 0 aliphatic rings. The first kappa shape index (κ1) is 27.0. The Morgan fingerprint density at radius 2 is 1.43 bits per heavy atom. The van der Waals surface area contributed by atoms with Crippen LogP contribution in [0.4, 0.5) is 5.69 Å². The fraction of sp³-hybridized carbons (Fsp3) is 0.222. The van der Waals surface area contributed by atoms with E-state index in [0.29, 0.717) is 11.8 Å². The van der Waals surface area contributed by atoms with Crippen LogP contribution in [0.2, 0.25) is 0 Å². The van der Waals surface area contributed by atoms with Crippen LogP contribution < -0.4 is 9.47 Å². The van der Waals surface area contributed by atoms with E-state index in [1.807, 2.05) is 6.92 Å². The number of halogens is 2. The zero-order chi connectivity index (χ0) is 25.3. The molecule has 0 saturated heterocycles. The van der Waals surface area contributed by atoms with E-state index in [4.69, 9.17) is 27.8 Å². The smallest absolute Gasteiger partial charge is 0.294 e. The van der Waals surface area contributed by atoms with E-state index < -0.39 is 10.1 Å². The fourth-order valence-corrected chi connectivity index (χ4v) is 4.54. The first-order valence-electron chi connectivity index (χ1n) is 11.2. The molecule has 35 heavy (non-hydrogen) atoms. The lowest BCUT2D eigenvalue weighted by atomic mass is 10.1. The van der Waals surface area contributed by atoms with Crippen molar-refractivity contribution in [2.75, 3.05) is 29.7 Å². The van der Waals surface area contributed by atoms with Gasteiger partial charge in [-0.3, -0.25) is 4.55 Å². The van der Waals surface area contributed by atoms with Crippen LogP contribution in [0.5, 0.6) is 0 Å². The molecule has 0 aliphatic heterocycles. The number of aryl methyl sites for hydroxylation is 1. The van der Waals surface area contributed by atoms with Crippen LogP contribution in [-0.2, 0) is 16.7 Å². The first-order chi connectivity index (χ1) is 16.8. The molecule has 0 amide bonds. The minimum absolute atomic E-state index is 0.0666. The number of hydrogen-bond acceptors (Lipinski definition) is 3. The zero-order valence-corrected chi connectivity index (χ0v) is 21.8. The standard InChI is InChI=1S/C20H21Cl2N2.C7H8O3S/c21-11-14-23(15-12-22)19-9-7-17(8-10-19)16-24-13-3-5-18-4-1-2-6-20(18)24;1-6-2-4-7(5-3-6)11(8,9)10/h1-10,13H,11-12,14-16H2;2-5H,1H3,(H,8,9,10)/q+1;. The molecule has 0 radical (unpaired) electrons. The molecule has 5 nitrogen and oxygen atoms in total. The van der Waals surface area contributed by atoms with Crippen LogP contribution in [0.15, 0.2) is 96.0 Å². The summed E-state index contributed by atoms with van der Waals surface area (Å²) in [4.78, 5) is 2.15. The molecule has 0 bridgehead atoms. The highest BCUT2D eigenvalue weighted by molar-refractivity contribution is 7.85. The Kier molecular flexibility index (Phi) is 9.93. The molecule has 0 spiro atoms. The number of benzene rings is 3. The van der Waals surface area contributed by atoms with Gasteiger partial charge >= 0.3 is 0 Å². The number of rotatable bonds is 8. The maximum atomic E-state index is 10.5. The van der Waals surface area contributed by atoms with E-state index in [1.54, 1.807) is 12.1 Å². The minimum atomic E-state index is -4.02. The summed E-state index contributed by atoms with van der Waals surface area (Å²) in [5.74, 6) is 1.20. The molecule has 0 atom stereocenters. The Morgan fingerprint density at radius 1 is 0.829 bits per heavy atom. The molecular weight excluding hydrogens is 503 g/mol. The molecule has 184 valence electrons. The van der Waals surface area contributed by atoms with E-state index in [0.717, 1.165) is 25.2 Å². The molecule has 1 N–H and O–H groups in total. The second-order valence-corrected chi connectivity index (χ2v) is 10.2. The summed E-state index contributed by atoms with van der Waals surface area (Å²) >= 11 is 11.8. The summed E-state index contributed by atoms with van der Waals surface area (Å²) in [7, 11) is -4.02. The van der Waals surface area contributed by atoms with Crippen LogP contribution in [0, 0.1) is 6.92 Å². The van der Waals surface area contributed by atoms with Crippen molar-refractivity contribution in [1.82, 2.24) is 0 Å². The van der Waals surface area contributed by atoms with Crippen molar-refractivity contribution in [3.8, 4) is 0 Å². The monoisotopic (exact) mass is 531 g/mol. The SMILES string of the molecule is Cc1ccc(S(=O)(=O)O)cc1.ClCCN(CCCl)c1ccc(C[n+]2cccc3ccccc32)cc1. The molecule has 1 heterocycles. The number of anilines is 1. The second-order valence-electron chi connectivity index (χ2n) is 8.01. The van der Waals surface area contributed by atoms with Crippen LogP contribution in [-0.4, -0.2) is 37.8 Å². The average Bonchev–Trinajstić information content (AvgIpc) is 2.85. The predicted molar refractivity (Wildman–Crippen MR) is 144 cm³/mol. The summed E-state index contributed by atoms with van der Waals surface area (Å²) in [5, 5.41) is 1.26. The molecule has 8 heteroatoms. The number of hydrogen-bond donors (Lipinski definition) is 1. The van der Waals surface area contributed by atoms with Crippen molar-refractivity contribution in [2.24, 2.45) is 0 Å². The van der Waals surface area contributed by atoms with Gasteiger partial charge in [0, 0.05) is 53.6 Å². The summed E-state index contributed by atoms with van der Waals surface area (Å²) in [6.07, 6.45) is 2.13. The summed E-state index contributed by atoms with van der Waals surface area (Å²) in [5.41, 5.74) is 4.65. The van der Waals surface area contributed by atoms with Crippen molar-refractivity contribution in [3.63, 3.8) is 0 Å².